The number of benzene rings is 2. The lowest BCUT2D eigenvalue weighted by Crippen LogP contribution is -2.06. The van der Waals surface area contributed by atoms with Crippen molar-refractivity contribution in [2.45, 2.75) is 18.9 Å². The zero-order valence-corrected chi connectivity index (χ0v) is 11.7. The highest BCUT2D eigenvalue weighted by atomic mass is 35.5. The molecule has 0 heterocycles. The topological polar surface area (TPSA) is 32.3 Å². The molecule has 2 aromatic carbocycles. The summed E-state index contributed by atoms with van der Waals surface area (Å²) in [7, 11) is 0. The molecule has 3 rings (SSSR count). The molecule has 1 aliphatic rings. The van der Waals surface area contributed by atoms with E-state index in [0.717, 1.165) is 29.7 Å². The first-order valence-electron chi connectivity index (χ1n) is 6.17. The molecule has 98 valence electrons. The number of rotatable bonds is 2. The number of anilines is 1. The molecule has 1 aliphatic carbocycles. The van der Waals surface area contributed by atoms with Crippen molar-refractivity contribution in [2.75, 3.05) is 5.32 Å². The Morgan fingerprint density at radius 1 is 1.11 bits per heavy atom. The van der Waals surface area contributed by atoms with Crippen molar-refractivity contribution >= 4 is 28.9 Å². The van der Waals surface area contributed by atoms with E-state index in [9.17, 15) is 5.11 Å². The molecule has 2 nitrogen and oxygen atoms in total. The molecule has 0 spiro atoms. The summed E-state index contributed by atoms with van der Waals surface area (Å²) in [5.74, 6) is 0.385. The fourth-order valence-electron chi connectivity index (χ4n) is 2.57. The monoisotopic (exact) mass is 293 g/mol. The zero-order chi connectivity index (χ0) is 13.4. The van der Waals surface area contributed by atoms with Crippen LogP contribution in [0.5, 0.6) is 5.75 Å². The number of hydrogen-bond donors (Lipinski definition) is 2. The second-order valence-corrected chi connectivity index (χ2v) is 5.52. The van der Waals surface area contributed by atoms with Gasteiger partial charge in [0.2, 0.25) is 0 Å². The van der Waals surface area contributed by atoms with Gasteiger partial charge in [-0.15, -0.1) is 0 Å². The summed E-state index contributed by atoms with van der Waals surface area (Å²) in [6, 6.07) is 11.4. The first kappa shape index (κ1) is 12.6. The maximum Gasteiger partial charge on any atom is 0.119 e. The van der Waals surface area contributed by atoms with Crippen LogP contribution in [-0.2, 0) is 6.42 Å². The summed E-state index contributed by atoms with van der Waals surface area (Å²) >= 11 is 11.9. The second-order valence-electron chi connectivity index (χ2n) is 4.71. The van der Waals surface area contributed by atoms with Gasteiger partial charge in [0, 0.05) is 5.69 Å². The van der Waals surface area contributed by atoms with Gasteiger partial charge in [0.05, 0.1) is 16.1 Å². The first-order chi connectivity index (χ1) is 9.15. The van der Waals surface area contributed by atoms with E-state index in [1.807, 2.05) is 18.2 Å². The lowest BCUT2D eigenvalue weighted by molar-refractivity contribution is 0.469. The number of hydrogen-bond acceptors (Lipinski definition) is 2. The summed E-state index contributed by atoms with van der Waals surface area (Å²) < 4.78 is 0. The minimum absolute atomic E-state index is 0.208. The molecular formula is C15H13Cl2NO. The Morgan fingerprint density at radius 3 is 2.74 bits per heavy atom. The van der Waals surface area contributed by atoms with Gasteiger partial charge in [-0.1, -0.05) is 35.3 Å². The molecule has 0 amide bonds. The van der Waals surface area contributed by atoms with Crippen LogP contribution in [0, 0.1) is 0 Å². The molecule has 1 unspecified atom stereocenters. The van der Waals surface area contributed by atoms with Gasteiger partial charge in [0.1, 0.15) is 5.75 Å². The predicted molar refractivity (Wildman–Crippen MR) is 79.3 cm³/mol. The highest BCUT2D eigenvalue weighted by molar-refractivity contribution is 6.42. The highest BCUT2D eigenvalue weighted by Crippen LogP contribution is 2.38. The second kappa shape index (κ2) is 4.95. The Kier molecular flexibility index (Phi) is 3.29. The third-order valence-corrected chi connectivity index (χ3v) is 4.25. The molecule has 0 bridgehead atoms. The van der Waals surface area contributed by atoms with E-state index in [1.165, 1.54) is 0 Å². The maximum atomic E-state index is 9.83. The minimum Gasteiger partial charge on any atom is -0.508 e. The third kappa shape index (κ3) is 2.38. The average Bonchev–Trinajstić information content (AvgIpc) is 2.79. The normalized spacial score (nSPS) is 17.3. The van der Waals surface area contributed by atoms with Crippen molar-refractivity contribution in [3.8, 4) is 5.75 Å². The average molecular weight is 294 g/mol. The predicted octanol–water partition coefficient (Wildman–Crippen LogP) is 4.80. The summed E-state index contributed by atoms with van der Waals surface area (Å²) in [4.78, 5) is 0. The van der Waals surface area contributed by atoms with E-state index in [2.05, 4.69) is 11.4 Å². The van der Waals surface area contributed by atoms with E-state index < -0.39 is 0 Å². The van der Waals surface area contributed by atoms with Crippen molar-refractivity contribution in [1.29, 1.82) is 0 Å². The van der Waals surface area contributed by atoms with Gasteiger partial charge in [-0.2, -0.15) is 0 Å². The van der Waals surface area contributed by atoms with Crippen LogP contribution in [0.3, 0.4) is 0 Å². The Hall–Kier alpha value is -1.38. The minimum atomic E-state index is 0.208. The number of halogens is 2. The van der Waals surface area contributed by atoms with E-state index in [-0.39, 0.29) is 6.04 Å². The Bertz CT molecular complexity index is 628. The molecule has 0 saturated heterocycles. The largest absolute Gasteiger partial charge is 0.508 e. The third-order valence-electron chi connectivity index (χ3n) is 3.51. The SMILES string of the molecule is Oc1cccc2c1CCC2Nc1ccc(Cl)c(Cl)c1. The van der Waals surface area contributed by atoms with Crippen LogP contribution in [-0.4, -0.2) is 5.11 Å². The smallest absolute Gasteiger partial charge is 0.119 e. The van der Waals surface area contributed by atoms with Crippen molar-refractivity contribution < 1.29 is 5.11 Å². The quantitative estimate of drug-likeness (QED) is 0.834. The van der Waals surface area contributed by atoms with E-state index in [4.69, 9.17) is 23.2 Å². The number of phenols is 1. The van der Waals surface area contributed by atoms with Crippen LogP contribution in [0.25, 0.3) is 0 Å². The Morgan fingerprint density at radius 2 is 1.95 bits per heavy atom. The molecule has 2 N–H and O–H groups in total. The molecule has 1 atom stereocenters. The summed E-state index contributed by atoms with van der Waals surface area (Å²) in [5, 5.41) is 14.4. The number of aromatic hydroxyl groups is 1. The zero-order valence-electron chi connectivity index (χ0n) is 10.2. The molecule has 19 heavy (non-hydrogen) atoms. The fourth-order valence-corrected chi connectivity index (χ4v) is 2.87. The van der Waals surface area contributed by atoms with Crippen LogP contribution in [0.1, 0.15) is 23.6 Å². The van der Waals surface area contributed by atoms with Gasteiger partial charge in [0.25, 0.3) is 0 Å². The van der Waals surface area contributed by atoms with Gasteiger partial charge in [0.15, 0.2) is 0 Å². The number of phenolic OH excluding ortho intramolecular Hbond substituents is 1. The molecule has 0 radical (unpaired) electrons. The molecular weight excluding hydrogens is 281 g/mol. The van der Waals surface area contributed by atoms with Crippen molar-refractivity contribution in [3.63, 3.8) is 0 Å². The lowest BCUT2D eigenvalue weighted by atomic mass is 10.1. The van der Waals surface area contributed by atoms with E-state index in [1.54, 1.807) is 12.1 Å². The van der Waals surface area contributed by atoms with Gasteiger partial charge in [-0.05, 0) is 48.2 Å². The van der Waals surface area contributed by atoms with E-state index in [0.29, 0.717) is 15.8 Å². The first-order valence-corrected chi connectivity index (χ1v) is 6.93. The van der Waals surface area contributed by atoms with Crippen LogP contribution in [0.2, 0.25) is 10.0 Å². The number of fused-ring (bicyclic) bond motifs is 1. The summed E-state index contributed by atoms with van der Waals surface area (Å²) in [6.07, 6.45) is 1.86. The molecule has 2 aromatic rings. The van der Waals surface area contributed by atoms with Crippen LogP contribution in [0.15, 0.2) is 36.4 Å². The van der Waals surface area contributed by atoms with Crippen molar-refractivity contribution in [3.05, 3.63) is 57.6 Å². The van der Waals surface area contributed by atoms with Crippen molar-refractivity contribution in [2.24, 2.45) is 0 Å². The molecule has 0 aliphatic heterocycles. The maximum absolute atomic E-state index is 9.83. The molecule has 4 heteroatoms. The summed E-state index contributed by atoms with van der Waals surface area (Å²) in [6.45, 7) is 0. The molecule has 0 saturated carbocycles. The fraction of sp³-hybridized carbons (Fsp3) is 0.200. The standard InChI is InChI=1S/C15H13Cl2NO/c16-12-6-4-9(8-13(12)17)18-14-7-5-11-10(14)2-1-3-15(11)19/h1-4,6,8,14,18-19H,5,7H2. The van der Waals surface area contributed by atoms with Crippen molar-refractivity contribution in [1.82, 2.24) is 0 Å². The Balaban J connectivity index is 1.86. The lowest BCUT2D eigenvalue weighted by Gasteiger charge is -2.16. The van der Waals surface area contributed by atoms with Crippen LogP contribution < -0.4 is 5.32 Å². The highest BCUT2D eigenvalue weighted by Gasteiger charge is 2.24. The van der Waals surface area contributed by atoms with E-state index >= 15 is 0 Å². The Labute approximate surface area is 122 Å². The van der Waals surface area contributed by atoms with Crippen LogP contribution >= 0.6 is 23.2 Å². The van der Waals surface area contributed by atoms with Gasteiger partial charge >= 0.3 is 0 Å². The van der Waals surface area contributed by atoms with Gasteiger partial charge < -0.3 is 10.4 Å². The van der Waals surface area contributed by atoms with Crippen LogP contribution in [0.4, 0.5) is 5.69 Å². The number of nitrogens with one attached hydrogen (secondary N) is 1. The molecule has 0 fully saturated rings. The van der Waals surface area contributed by atoms with Gasteiger partial charge in [-0.3, -0.25) is 0 Å². The molecule has 0 aromatic heterocycles. The van der Waals surface area contributed by atoms with Gasteiger partial charge in [-0.25, -0.2) is 0 Å². The summed E-state index contributed by atoms with van der Waals surface area (Å²) in [5.41, 5.74) is 3.14.